The summed E-state index contributed by atoms with van der Waals surface area (Å²) in [5.74, 6) is 7.06. The summed E-state index contributed by atoms with van der Waals surface area (Å²) < 4.78 is 0. The molecule has 2 aliphatic carbocycles. The van der Waals surface area contributed by atoms with E-state index in [0.717, 1.165) is 12.0 Å². The van der Waals surface area contributed by atoms with Crippen molar-refractivity contribution in [2.45, 2.75) is 46.5 Å². The number of hydrogen-bond acceptors (Lipinski definition) is 0. The normalized spacial score (nSPS) is 13.6. The average Bonchev–Trinajstić information content (AvgIpc) is 3.54. The molecule has 0 saturated carbocycles. The van der Waals surface area contributed by atoms with Crippen LogP contribution >= 0.6 is 0 Å². The smallest absolute Gasteiger partial charge is 0.0408 e. The molecule has 0 saturated heterocycles. The van der Waals surface area contributed by atoms with E-state index in [-0.39, 0.29) is 5.41 Å². The first-order chi connectivity index (χ1) is 34.4. The van der Waals surface area contributed by atoms with Gasteiger partial charge >= 0.3 is 0 Å². The van der Waals surface area contributed by atoms with Gasteiger partial charge in [-0.05, 0) is 166 Å². The zero-order valence-corrected chi connectivity index (χ0v) is 40.4. The van der Waals surface area contributed by atoms with Gasteiger partial charge in [0, 0.05) is 16.5 Å². The molecule has 0 nitrogen and oxygen atoms in total. The van der Waals surface area contributed by atoms with E-state index in [2.05, 4.69) is 245 Å². The third-order valence-corrected chi connectivity index (χ3v) is 15.1. The fourth-order valence-corrected chi connectivity index (χ4v) is 11.6. The molecule has 10 aromatic carbocycles. The van der Waals surface area contributed by atoms with Gasteiger partial charge in [0.25, 0.3) is 0 Å². The molecule has 0 radical (unpaired) electrons. The Morgan fingerprint density at radius 3 is 1.67 bits per heavy atom. The van der Waals surface area contributed by atoms with Gasteiger partial charge in [0.2, 0.25) is 0 Å². The summed E-state index contributed by atoms with van der Waals surface area (Å²) in [5.41, 5.74) is 24.2. The minimum atomic E-state index is -0.113. The Hall–Kier alpha value is -8.46. The lowest BCUT2D eigenvalue weighted by Crippen LogP contribution is -2.15. The molecule has 0 heteroatoms. The van der Waals surface area contributed by atoms with Crippen molar-refractivity contribution in [2.24, 2.45) is 0 Å². The van der Waals surface area contributed by atoms with E-state index >= 15 is 0 Å². The van der Waals surface area contributed by atoms with Crippen LogP contribution in [-0.4, -0.2) is 0 Å². The Bertz CT molecular complexity index is 3990. The first-order valence-corrected chi connectivity index (χ1v) is 24.6. The van der Waals surface area contributed by atoms with Gasteiger partial charge in [-0.15, -0.1) is 11.7 Å². The molecule has 0 N–H and O–H groups in total. The molecule has 0 amide bonds. The summed E-state index contributed by atoms with van der Waals surface area (Å²) in [6.45, 7) is 11.2. The molecule has 12 rings (SSSR count). The number of benzene rings is 10. The molecule has 0 bridgehead atoms. The van der Waals surface area contributed by atoms with Crippen LogP contribution in [0.2, 0.25) is 0 Å². The highest BCUT2D eigenvalue weighted by Gasteiger charge is 2.35. The second-order valence-corrected chi connectivity index (χ2v) is 19.3. The zero-order chi connectivity index (χ0) is 47.5. The van der Waals surface area contributed by atoms with Crippen molar-refractivity contribution in [1.29, 1.82) is 0 Å². The quantitative estimate of drug-likeness (QED) is 0.0850. The zero-order valence-electron chi connectivity index (χ0n) is 40.4. The van der Waals surface area contributed by atoms with Gasteiger partial charge in [0.1, 0.15) is 0 Å². The largest absolute Gasteiger partial charge is 0.121 e. The predicted octanol–water partition coefficient (Wildman–Crippen LogP) is 19.1. The number of hydrogen-bond donors (Lipinski definition) is 0. The van der Waals surface area contributed by atoms with Crippen molar-refractivity contribution in [3.05, 3.63) is 245 Å². The molecule has 0 aliphatic heterocycles. The van der Waals surface area contributed by atoms with Gasteiger partial charge in [-0.25, -0.2) is 0 Å². The second-order valence-electron chi connectivity index (χ2n) is 19.3. The Kier molecular flexibility index (Phi) is 10.6. The third kappa shape index (κ3) is 6.85. The Morgan fingerprint density at radius 1 is 0.500 bits per heavy atom. The Balaban J connectivity index is 1.02. The van der Waals surface area contributed by atoms with Crippen LogP contribution in [0.5, 0.6) is 0 Å². The second kappa shape index (κ2) is 17.3. The van der Waals surface area contributed by atoms with Crippen LogP contribution < -0.4 is 0 Å². The van der Waals surface area contributed by atoms with E-state index in [4.69, 9.17) is 0 Å². The summed E-state index contributed by atoms with van der Waals surface area (Å²) in [4.78, 5) is 0. The van der Waals surface area contributed by atoms with Gasteiger partial charge in [-0.3, -0.25) is 0 Å². The van der Waals surface area contributed by atoms with E-state index in [1.54, 1.807) is 0 Å². The number of allylic oxidation sites excluding steroid dienone is 6. The van der Waals surface area contributed by atoms with Crippen molar-refractivity contribution in [1.82, 2.24) is 0 Å². The lowest BCUT2D eigenvalue weighted by Gasteiger charge is -2.23. The molecule has 332 valence electrons. The first-order valence-electron chi connectivity index (χ1n) is 24.6. The summed E-state index contributed by atoms with van der Waals surface area (Å²) in [6, 6.07) is 65.8. The molecular formula is C70H52. The van der Waals surface area contributed by atoms with Gasteiger partial charge in [0.15, 0.2) is 0 Å². The molecule has 0 heterocycles. The molecule has 2 aliphatic rings. The van der Waals surface area contributed by atoms with Crippen LogP contribution in [0.15, 0.2) is 218 Å². The fraction of sp³-hybridized carbons (Fsp3) is 0.100. The van der Waals surface area contributed by atoms with Gasteiger partial charge in [-0.1, -0.05) is 220 Å². The minimum Gasteiger partial charge on any atom is -0.121 e. The summed E-state index contributed by atoms with van der Waals surface area (Å²) in [7, 11) is 0. The predicted molar refractivity (Wildman–Crippen MR) is 302 cm³/mol. The monoisotopic (exact) mass is 892 g/mol. The van der Waals surface area contributed by atoms with Crippen LogP contribution in [0.25, 0.3) is 110 Å². The highest BCUT2D eigenvalue weighted by Crippen LogP contribution is 2.52. The maximum absolute atomic E-state index is 3.70. The molecule has 0 fully saturated rings. The van der Waals surface area contributed by atoms with E-state index in [9.17, 15) is 0 Å². The van der Waals surface area contributed by atoms with Gasteiger partial charge in [0.05, 0.1) is 0 Å². The fourth-order valence-electron chi connectivity index (χ4n) is 11.6. The maximum atomic E-state index is 3.70. The number of rotatable bonds is 7. The SMILES string of the molecule is CC#Cc1c(C=C(C)CC)c(-c2ccc(-c3ccc(-c4c5ccccc5c(C5=CC=C=CC=C5)c5ccccc45)c4ccccc34)cc2)c2ccccc2c1-c1ccc2c(c1)C(C)(C)c1ccccc1-2. The summed E-state index contributed by atoms with van der Waals surface area (Å²) >= 11 is 0. The Morgan fingerprint density at radius 2 is 1.01 bits per heavy atom. The van der Waals surface area contributed by atoms with Crippen LogP contribution in [0, 0.1) is 11.8 Å². The average molecular weight is 893 g/mol. The van der Waals surface area contributed by atoms with E-state index in [1.807, 2.05) is 19.1 Å². The minimum absolute atomic E-state index is 0.113. The summed E-state index contributed by atoms with van der Waals surface area (Å²) in [6.07, 6.45) is 13.8. The van der Waals surface area contributed by atoms with Crippen molar-refractivity contribution < 1.29 is 0 Å². The Labute approximate surface area is 412 Å². The van der Waals surface area contributed by atoms with Crippen molar-refractivity contribution in [3.8, 4) is 67.5 Å². The van der Waals surface area contributed by atoms with E-state index in [0.29, 0.717) is 0 Å². The van der Waals surface area contributed by atoms with Crippen molar-refractivity contribution >= 4 is 54.7 Å². The maximum Gasteiger partial charge on any atom is 0.0408 e. The molecule has 0 spiro atoms. The lowest BCUT2D eigenvalue weighted by molar-refractivity contribution is 0.660. The molecule has 0 unspecified atom stereocenters. The molecule has 70 heavy (non-hydrogen) atoms. The highest BCUT2D eigenvalue weighted by molar-refractivity contribution is 6.23. The molecular weight excluding hydrogens is 841 g/mol. The summed E-state index contributed by atoms with van der Waals surface area (Å²) in [5, 5.41) is 9.87. The standard InChI is InChI=1S/C70H52/c1-6-22-55-63(43-45(3)7-2)67(56-28-14-15-29-57(56)68(55)49-39-40-54-53-27-20-21-34-64(53)70(4,5)65(54)44-49)48-37-35-46(36-38-48)50-41-42-62(52-26-13-12-25-51(50)52)69-60-32-18-16-30-58(60)66(47-23-10-8-9-11-24-47)59-31-17-19-33-61(59)69/h8,10-21,23-44H,7H2,1-5H3. The van der Waals surface area contributed by atoms with Crippen molar-refractivity contribution in [2.75, 3.05) is 0 Å². The molecule has 0 aromatic heterocycles. The number of fused-ring (bicyclic) bond motifs is 7. The van der Waals surface area contributed by atoms with Crippen LogP contribution in [-0.2, 0) is 5.41 Å². The van der Waals surface area contributed by atoms with Crippen LogP contribution in [0.3, 0.4) is 0 Å². The highest BCUT2D eigenvalue weighted by atomic mass is 14.4. The van der Waals surface area contributed by atoms with Crippen LogP contribution in [0.4, 0.5) is 0 Å². The van der Waals surface area contributed by atoms with Gasteiger partial charge < -0.3 is 0 Å². The first kappa shape index (κ1) is 42.9. The topological polar surface area (TPSA) is 0 Å². The van der Waals surface area contributed by atoms with E-state index in [1.165, 1.54) is 132 Å². The van der Waals surface area contributed by atoms with Gasteiger partial charge in [-0.2, -0.15) is 0 Å². The molecule has 10 aromatic rings. The van der Waals surface area contributed by atoms with Crippen molar-refractivity contribution in [3.63, 3.8) is 0 Å². The third-order valence-electron chi connectivity index (χ3n) is 15.1. The lowest BCUT2D eigenvalue weighted by atomic mass is 9.79. The molecule has 0 atom stereocenters. The van der Waals surface area contributed by atoms with E-state index < -0.39 is 0 Å². The van der Waals surface area contributed by atoms with Crippen LogP contribution in [0.1, 0.15) is 68.9 Å².